The molecule has 4 aromatic carbocycles. The topological polar surface area (TPSA) is 183 Å². The maximum atomic E-state index is 12.4. The summed E-state index contributed by atoms with van der Waals surface area (Å²) >= 11 is 0. The van der Waals surface area contributed by atoms with Crippen molar-refractivity contribution >= 4 is 62.7 Å². The molecule has 0 heterocycles. The van der Waals surface area contributed by atoms with Crippen LogP contribution < -0.4 is 0 Å². The summed E-state index contributed by atoms with van der Waals surface area (Å²) < 4.78 is 99.4. The Labute approximate surface area is 163 Å². The average Bonchev–Trinajstić information content (AvgIpc) is 2.57. The van der Waals surface area contributed by atoms with E-state index in [-0.39, 0.29) is 32.3 Å². The highest BCUT2D eigenvalue weighted by Gasteiger charge is 2.28. The first-order valence-corrected chi connectivity index (χ1v) is 11.9. The van der Waals surface area contributed by atoms with Crippen molar-refractivity contribution < 1.29 is 44.0 Å². The zero-order valence-electron chi connectivity index (χ0n) is 13.9. The largest absolute Gasteiger partial charge is 0.295 e. The molecule has 0 aliphatic heterocycles. The average molecular weight is 457 g/mol. The second-order valence-electron chi connectivity index (χ2n) is 6.24. The van der Waals surface area contributed by atoms with Crippen LogP contribution in [-0.2, 0) is 35.5 Å². The SMILES string of the molecule is [O]c1cc(S(=O)(=O)O)c2ccc3c(S(=O)(=O)O)cc(S(=O)(=O)O)c4ccc1c2c43. The van der Waals surface area contributed by atoms with Gasteiger partial charge in [-0.05, 0) is 12.1 Å². The molecule has 0 spiro atoms. The van der Waals surface area contributed by atoms with Crippen LogP contribution in [0.2, 0.25) is 0 Å². The van der Waals surface area contributed by atoms with Gasteiger partial charge in [-0.1, -0.05) is 18.2 Å². The lowest BCUT2D eigenvalue weighted by Gasteiger charge is -2.16. The van der Waals surface area contributed by atoms with Crippen LogP contribution in [0.3, 0.4) is 0 Å². The lowest BCUT2D eigenvalue weighted by atomic mass is 9.94. The van der Waals surface area contributed by atoms with E-state index in [1.54, 1.807) is 0 Å². The fourth-order valence-corrected chi connectivity index (χ4v) is 5.71. The van der Waals surface area contributed by atoms with Crippen molar-refractivity contribution in [1.82, 2.24) is 0 Å². The molecule has 0 atom stereocenters. The lowest BCUT2D eigenvalue weighted by Crippen LogP contribution is -2.06. The van der Waals surface area contributed by atoms with E-state index in [2.05, 4.69) is 0 Å². The number of hydrogen-bond donors (Lipinski definition) is 3. The molecule has 29 heavy (non-hydrogen) atoms. The van der Waals surface area contributed by atoms with Gasteiger partial charge >= 0.3 is 0 Å². The summed E-state index contributed by atoms with van der Waals surface area (Å²) in [6.45, 7) is 0. The Morgan fingerprint density at radius 2 is 0.828 bits per heavy atom. The molecule has 151 valence electrons. The van der Waals surface area contributed by atoms with Crippen molar-refractivity contribution in [3.63, 3.8) is 0 Å². The van der Waals surface area contributed by atoms with Gasteiger partial charge in [-0.2, -0.15) is 25.3 Å². The van der Waals surface area contributed by atoms with Crippen LogP contribution in [0.5, 0.6) is 5.75 Å². The first-order chi connectivity index (χ1) is 13.2. The Bertz CT molecular complexity index is 1620. The Morgan fingerprint density at radius 3 is 1.21 bits per heavy atom. The first-order valence-electron chi connectivity index (χ1n) is 7.59. The molecule has 13 heteroatoms. The van der Waals surface area contributed by atoms with Gasteiger partial charge in [0.25, 0.3) is 30.4 Å². The predicted molar refractivity (Wildman–Crippen MR) is 99.7 cm³/mol. The Kier molecular flexibility index (Phi) is 3.91. The molecule has 0 saturated carbocycles. The second-order valence-corrected chi connectivity index (χ2v) is 10.4. The minimum Gasteiger partial charge on any atom is -0.289 e. The van der Waals surface area contributed by atoms with Crippen LogP contribution in [0, 0.1) is 0 Å². The van der Waals surface area contributed by atoms with Crippen LogP contribution >= 0.6 is 0 Å². The van der Waals surface area contributed by atoms with Crippen molar-refractivity contribution in [2.24, 2.45) is 0 Å². The quantitative estimate of drug-likeness (QED) is 0.307. The standard InChI is InChI=1S/C16H9O10S3/c17-11-5-12(27(18,19)20)8-3-4-10-14(29(24,25)26)6-13(28(21,22)23)9-2-1-7(11)15(8)16(9)10/h1-6H,(H,18,19,20)(H,21,22,23)(H,24,25,26). The molecule has 4 rings (SSSR count). The third-order valence-corrected chi connectivity index (χ3v) is 7.26. The molecule has 0 aromatic heterocycles. The molecule has 0 bridgehead atoms. The van der Waals surface area contributed by atoms with Crippen LogP contribution in [0.25, 0.3) is 32.3 Å². The van der Waals surface area contributed by atoms with Crippen LogP contribution in [0.4, 0.5) is 0 Å². The van der Waals surface area contributed by atoms with Gasteiger partial charge in [0, 0.05) is 38.4 Å². The molecule has 0 aliphatic rings. The first kappa shape index (κ1) is 19.8. The Balaban J connectivity index is 2.47. The van der Waals surface area contributed by atoms with Gasteiger partial charge in [0.05, 0.1) is 0 Å². The van der Waals surface area contributed by atoms with Gasteiger partial charge in [-0.3, -0.25) is 18.8 Å². The van der Waals surface area contributed by atoms with Gasteiger partial charge in [-0.15, -0.1) is 0 Å². The van der Waals surface area contributed by atoms with Crippen LogP contribution in [0.1, 0.15) is 0 Å². The van der Waals surface area contributed by atoms with E-state index in [4.69, 9.17) is 0 Å². The minimum atomic E-state index is -4.98. The van der Waals surface area contributed by atoms with E-state index in [1.165, 1.54) is 6.07 Å². The molecular formula is C16H9O10S3. The summed E-state index contributed by atoms with van der Waals surface area (Å²) in [6.07, 6.45) is 0. The van der Waals surface area contributed by atoms with Crippen molar-refractivity contribution in [2.45, 2.75) is 14.7 Å². The zero-order chi connectivity index (χ0) is 21.5. The zero-order valence-corrected chi connectivity index (χ0v) is 16.3. The highest BCUT2D eigenvalue weighted by Crippen LogP contribution is 2.44. The normalized spacial score (nSPS) is 13.6. The maximum Gasteiger partial charge on any atom is 0.295 e. The molecule has 0 unspecified atom stereocenters. The van der Waals surface area contributed by atoms with Crippen molar-refractivity contribution in [3.05, 3.63) is 36.4 Å². The van der Waals surface area contributed by atoms with Gasteiger partial charge in [-0.25, -0.2) is 0 Å². The molecule has 3 N–H and O–H groups in total. The summed E-state index contributed by atoms with van der Waals surface area (Å²) in [5.74, 6) is -0.829. The summed E-state index contributed by atoms with van der Waals surface area (Å²) in [6, 6.07) is 5.80. The van der Waals surface area contributed by atoms with Crippen molar-refractivity contribution in [1.29, 1.82) is 0 Å². The number of benzene rings is 4. The minimum absolute atomic E-state index is 0.0840. The van der Waals surface area contributed by atoms with Gasteiger partial charge in [0.15, 0.2) is 5.75 Å². The molecule has 0 fully saturated rings. The lowest BCUT2D eigenvalue weighted by molar-refractivity contribution is 0.359. The predicted octanol–water partition coefficient (Wildman–Crippen LogP) is 2.47. The van der Waals surface area contributed by atoms with E-state index in [9.17, 15) is 44.0 Å². The van der Waals surface area contributed by atoms with E-state index in [0.29, 0.717) is 12.1 Å². The van der Waals surface area contributed by atoms with Gasteiger partial charge in [0.1, 0.15) is 14.7 Å². The maximum absolute atomic E-state index is 12.4. The summed E-state index contributed by atoms with van der Waals surface area (Å²) in [4.78, 5) is -2.48. The molecule has 0 aliphatic carbocycles. The molecule has 10 nitrogen and oxygen atoms in total. The van der Waals surface area contributed by atoms with E-state index in [1.807, 2.05) is 0 Å². The fourth-order valence-electron chi connectivity index (χ4n) is 3.51. The monoisotopic (exact) mass is 457 g/mol. The van der Waals surface area contributed by atoms with E-state index >= 15 is 0 Å². The fraction of sp³-hybridized carbons (Fsp3) is 0. The second kappa shape index (κ2) is 5.75. The number of rotatable bonds is 3. The Morgan fingerprint density at radius 1 is 0.517 bits per heavy atom. The molecule has 1 radical (unpaired) electrons. The summed E-state index contributed by atoms with van der Waals surface area (Å²) in [7, 11) is -14.8. The van der Waals surface area contributed by atoms with E-state index in [0.717, 1.165) is 18.2 Å². The van der Waals surface area contributed by atoms with Crippen molar-refractivity contribution in [3.8, 4) is 5.75 Å². The third kappa shape index (κ3) is 2.90. The van der Waals surface area contributed by atoms with Crippen LogP contribution in [0.15, 0.2) is 51.1 Å². The summed E-state index contributed by atoms with van der Waals surface area (Å²) in [5.41, 5.74) is 0. The Hall–Kier alpha value is -2.55. The highest BCUT2D eigenvalue weighted by atomic mass is 32.2. The third-order valence-electron chi connectivity index (χ3n) is 4.58. The smallest absolute Gasteiger partial charge is 0.289 e. The van der Waals surface area contributed by atoms with Crippen molar-refractivity contribution in [2.75, 3.05) is 0 Å². The molecular weight excluding hydrogens is 448 g/mol. The van der Waals surface area contributed by atoms with Crippen LogP contribution in [-0.4, -0.2) is 38.9 Å². The van der Waals surface area contributed by atoms with Gasteiger partial charge in [0.2, 0.25) is 0 Å². The highest BCUT2D eigenvalue weighted by molar-refractivity contribution is 7.87. The summed E-state index contributed by atoms with van der Waals surface area (Å²) in [5, 5.41) is 11.4. The number of hydrogen-bond acceptors (Lipinski definition) is 6. The molecule has 4 aromatic rings. The van der Waals surface area contributed by atoms with E-state index < -0.39 is 50.8 Å². The molecule has 0 saturated heterocycles. The molecule has 0 amide bonds. The van der Waals surface area contributed by atoms with Gasteiger partial charge < -0.3 is 0 Å².